The van der Waals surface area contributed by atoms with Crippen molar-refractivity contribution in [2.75, 3.05) is 32.1 Å². The van der Waals surface area contributed by atoms with E-state index in [1.54, 1.807) is 21.7 Å². The molecule has 6 nitrogen and oxygen atoms in total. The molecule has 0 spiro atoms. The Morgan fingerprint density at radius 1 is 1.31 bits per heavy atom. The van der Waals surface area contributed by atoms with Crippen LogP contribution in [0.2, 0.25) is 0 Å². The Kier molecular flexibility index (Phi) is 5.33. The summed E-state index contributed by atoms with van der Waals surface area (Å²) in [7, 11) is 3.89. The normalized spacial score (nSPS) is 11.5. The SMILES string of the molecule is CCn1nc(C)cc1C(=O)N(CCN(C)C)c1nc2c(F)cccc2s1. The van der Waals surface area contributed by atoms with Crippen molar-refractivity contribution in [1.82, 2.24) is 19.7 Å². The summed E-state index contributed by atoms with van der Waals surface area (Å²) >= 11 is 1.32. The number of para-hydroxylation sites is 1. The number of amides is 1. The molecule has 1 aromatic carbocycles. The average molecular weight is 375 g/mol. The van der Waals surface area contributed by atoms with Crippen LogP contribution in [0.15, 0.2) is 24.3 Å². The van der Waals surface area contributed by atoms with E-state index in [2.05, 4.69) is 10.1 Å². The lowest BCUT2D eigenvalue weighted by Gasteiger charge is -2.22. The largest absolute Gasteiger partial charge is 0.308 e. The van der Waals surface area contributed by atoms with Crippen molar-refractivity contribution in [3.8, 4) is 0 Å². The van der Waals surface area contributed by atoms with E-state index in [4.69, 9.17) is 0 Å². The number of carbonyl (C=O) groups is 1. The molecule has 0 aliphatic rings. The lowest BCUT2D eigenvalue weighted by molar-refractivity contribution is 0.0975. The van der Waals surface area contributed by atoms with E-state index in [1.165, 1.54) is 17.4 Å². The number of likely N-dealkylation sites (N-methyl/N-ethyl adjacent to an activating group) is 1. The van der Waals surface area contributed by atoms with Crippen molar-refractivity contribution in [2.24, 2.45) is 0 Å². The summed E-state index contributed by atoms with van der Waals surface area (Å²) in [5.41, 5.74) is 1.61. The van der Waals surface area contributed by atoms with Gasteiger partial charge in [0.1, 0.15) is 17.0 Å². The molecule has 138 valence electrons. The summed E-state index contributed by atoms with van der Waals surface area (Å²) in [6, 6.07) is 6.63. The number of anilines is 1. The number of thiazole rings is 1. The van der Waals surface area contributed by atoms with Gasteiger partial charge < -0.3 is 4.90 Å². The molecule has 0 aliphatic carbocycles. The molecule has 0 bridgehead atoms. The van der Waals surface area contributed by atoms with E-state index < -0.39 is 0 Å². The van der Waals surface area contributed by atoms with Crippen LogP contribution < -0.4 is 4.90 Å². The van der Waals surface area contributed by atoms with Crippen molar-refractivity contribution in [3.63, 3.8) is 0 Å². The number of hydrogen-bond acceptors (Lipinski definition) is 5. The number of aromatic nitrogens is 3. The van der Waals surface area contributed by atoms with E-state index >= 15 is 0 Å². The monoisotopic (exact) mass is 375 g/mol. The smallest absolute Gasteiger partial charge is 0.278 e. The van der Waals surface area contributed by atoms with Crippen molar-refractivity contribution < 1.29 is 9.18 Å². The lowest BCUT2D eigenvalue weighted by atomic mass is 10.3. The molecule has 2 heterocycles. The first-order chi connectivity index (χ1) is 12.4. The second kappa shape index (κ2) is 7.51. The first-order valence-corrected chi connectivity index (χ1v) is 9.28. The van der Waals surface area contributed by atoms with Gasteiger partial charge in [0.2, 0.25) is 0 Å². The van der Waals surface area contributed by atoms with Crippen LogP contribution in [0.25, 0.3) is 10.2 Å². The van der Waals surface area contributed by atoms with Crippen molar-refractivity contribution in [2.45, 2.75) is 20.4 Å². The lowest BCUT2D eigenvalue weighted by Crippen LogP contribution is -2.37. The molecule has 3 rings (SSSR count). The quantitative estimate of drug-likeness (QED) is 0.664. The summed E-state index contributed by atoms with van der Waals surface area (Å²) in [6.45, 7) is 5.54. The van der Waals surface area contributed by atoms with Gasteiger partial charge in [-0.3, -0.25) is 14.4 Å². The second-order valence-corrected chi connectivity index (χ2v) is 7.34. The van der Waals surface area contributed by atoms with Crippen LogP contribution in [0.5, 0.6) is 0 Å². The molecule has 0 unspecified atom stereocenters. The molecule has 0 saturated heterocycles. The highest BCUT2D eigenvalue weighted by Gasteiger charge is 2.25. The molecule has 2 aromatic heterocycles. The number of carbonyl (C=O) groups excluding carboxylic acids is 1. The van der Waals surface area contributed by atoms with Gasteiger partial charge >= 0.3 is 0 Å². The van der Waals surface area contributed by atoms with Crippen LogP contribution in [-0.2, 0) is 6.54 Å². The zero-order chi connectivity index (χ0) is 18.8. The van der Waals surface area contributed by atoms with Crippen LogP contribution in [0.1, 0.15) is 23.1 Å². The van der Waals surface area contributed by atoms with Gasteiger partial charge in [0.25, 0.3) is 5.91 Å². The van der Waals surface area contributed by atoms with E-state index in [0.29, 0.717) is 36.0 Å². The minimum Gasteiger partial charge on any atom is -0.308 e. The summed E-state index contributed by atoms with van der Waals surface area (Å²) in [4.78, 5) is 21.2. The second-order valence-electron chi connectivity index (χ2n) is 6.33. The van der Waals surface area contributed by atoms with Crippen LogP contribution in [0.4, 0.5) is 9.52 Å². The number of benzene rings is 1. The predicted molar refractivity (Wildman–Crippen MR) is 102 cm³/mol. The average Bonchev–Trinajstić information content (AvgIpc) is 3.18. The zero-order valence-corrected chi connectivity index (χ0v) is 16.2. The topological polar surface area (TPSA) is 54.3 Å². The molecule has 0 N–H and O–H groups in total. The summed E-state index contributed by atoms with van der Waals surface area (Å²) in [5, 5.41) is 4.86. The van der Waals surface area contributed by atoms with Gasteiger partial charge in [-0.15, -0.1) is 0 Å². The number of rotatable bonds is 6. The molecule has 0 aliphatic heterocycles. The number of nitrogens with zero attached hydrogens (tertiary/aromatic N) is 5. The fourth-order valence-corrected chi connectivity index (χ4v) is 3.70. The highest BCUT2D eigenvalue weighted by molar-refractivity contribution is 7.22. The molecular weight excluding hydrogens is 353 g/mol. The molecule has 8 heteroatoms. The van der Waals surface area contributed by atoms with E-state index in [1.807, 2.05) is 38.9 Å². The Balaban J connectivity index is 2.03. The van der Waals surface area contributed by atoms with Crippen LogP contribution in [-0.4, -0.2) is 52.8 Å². The zero-order valence-electron chi connectivity index (χ0n) is 15.4. The minimum absolute atomic E-state index is 0.172. The minimum atomic E-state index is -0.376. The number of halogens is 1. The van der Waals surface area contributed by atoms with E-state index in [-0.39, 0.29) is 11.7 Å². The Morgan fingerprint density at radius 3 is 2.73 bits per heavy atom. The number of hydrogen-bond donors (Lipinski definition) is 0. The maximum absolute atomic E-state index is 14.0. The van der Waals surface area contributed by atoms with Crippen LogP contribution in [0.3, 0.4) is 0 Å². The van der Waals surface area contributed by atoms with Gasteiger partial charge in [-0.2, -0.15) is 5.10 Å². The summed E-state index contributed by atoms with van der Waals surface area (Å²) in [6.07, 6.45) is 0. The summed E-state index contributed by atoms with van der Waals surface area (Å²) < 4.78 is 16.5. The Bertz CT molecular complexity index is 933. The molecule has 1 amide bonds. The van der Waals surface area contributed by atoms with Gasteiger partial charge in [0, 0.05) is 19.6 Å². The standard InChI is InChI=1S/C18H22FN5OS/c1-5-24-14(11-12(2)21-24)17(25)23(10-9-22(3)4)18-20-16-13(19)7-6-8-15(16)26-18/h6-8,11H,5,9-10H2,1-4H3. The number of aryl methyl sites for hydroxylation is 2. The molecule has 26 heavy (non-hydrogen) atoms. The third-order valence-corrected chi connectivity index (χ3v) is 5.07. The highest BCUT2D eigenvalue weighted by atomic mass is 32.1. The number of fused-ring (bicyclic) bond motifs is 1. The molecule has 3 aromatic rings. The van der Waals surface area contributed by atoms with Crippen LogP contribution in [0, 0.1) is 12.7 Å². The van der Waals surface area contributed by atoms with Crippen molar-refractivity contribution >= 4 is 32.6 Å². The maximum Gasteiger partial charge on any atom is 0.278 e. The van der Waals surface area contributed by atoms with Crippen LogP contribution >= 0.6 is 11.3 Å². The molecular formula is C18H22FN5OS. The Morgan fingerprint density at radius 2 is 2.08 bits per heavy atom. The first kappa shape index (κ1) is 18.5. The van der Waals surface area contributed by atoms with E-state index in [9.17, 15) is 9.18 Å². The van der Waals surface area contributed by atoms with Gasteiger partial charge in [-0.25, -0.2) is 9.37 Å². The third-order valence-electron chi connectivity index (χ3n) is 4.03. The van der Waals surface area contributed by atoms with E-state index in [0.717, 1.165) is 10.4 Å². The van der Waals surface area contributed by atoms with Crippen molar-refractivity contribution in [1.29, 1.82) is 0 Å². The summed E-state index contributed by atoms with van der Waals surface area (Å²) in [5.74, 6) is -0.548. The fraction of sp³-hybridized carbons (Fsp3) is 0.389. The Labute approximate surface area is 155 Å². The fourth-order valence-electron chi connectivity index (χ4n) is 2.70. The van der Waals surface area contributed by atoms with Crippen molar-refractivity contribution in [3.05, 3.63) is 41.5 Å². The van der Waals surface area contributed by atoms with Gasteiger partial charge in [-0.1, -0.05) is 17.4 Å². The predicted octanol–water partition coefficient (Wildman–Crippen LogP) is 3.17. The maximum atomic E-state index is 14.0. The molecule has 0 radical (unpaired) electrons. The van der Waals surface area contributed by atoms with Gasteiger partial charge in [-0.05, 0) is 46.1 Å². The molecule has 0 fully saturated rings. The molecule has 0 atom stereocenters. The van der Waals surface area contributed by atoms with Gasteiger partial charge in [0.15, 0.2) is 5.13 Å². The molecule has 0 saturated carbocycles. The van der Waals surface area contributed by atoms with Gasteiger partial charge in [0.05, 0.1) is 10.4 Å². The Hall–Kier alpha value is -2.32. The third kappa shape index (κ3) is 3.61. The highest BCUT2D eigenvalue weighted by Crippen LogP contribution is 2.31. The first-order valence-electron chi connectivity index (χ1n) is 8.46.